The molecule has 0 saturated heterocycles. The maximum Gasteiger partial charge on any atom is 0.184 e. The summed E-state index contributed by atoms with van der Waals surface area (Å²) in [5.41, 5.74) is 1.17. The fourth-order valence-corrected chi connectivity index (χ4v) is 3.34. The zero-order valence-electron chi connectivity index (χ0n) is 12.3. The Bertz CT molecular complexity index is 370. The summed E-state index contributed by atoms with van der Waals surface area (Å²) in [5, 5.41) is 10.2. The van der Waals surface area contributed by atoms with Gasteiger partial charge in [-0.2, -0.15) is 0 Å². The largest absolute Gasteiger partial charge is 0.414 e. The first-order valence-electron chi connectivity index (χ1n) is 6.91. The molecule has 0 aliphatic carbocycles. The SMILES string of the molecule is C=CC[C@@H](C[C@H](O)Cc1ccccc1)O[Si](C)(C)C. The van der Waals surface area contributed by atoms with Gasteiger partial charge in [0.25, 0.3) is 0 Å². The molecule has 0 amide bonds. The van der Waals surface area contributed by atoms with Crippen LogP contribution in [0.5, 0.6) is 0 Å². The topological polar surface area (TPSA) is 29.5 Å². The highest BCUT2D eigenvalue weighted by atomic mass is 28.4. The molecule has 106 valence electrons. The summed E-state index contributed by atoms with van der Waals surface area (Å²) in [6.45, 7) is 10.3. The van der Waals surface area contributed by atoms with Gasteiger partial charge in [-0.3, -0.25) is 0 Å². The molecule has 0 saturated carbocycles. The van der Waals surface area contributed by atoms with Crippen molar-refractivity contribution in [1.29, 1.82) is 0 Å². The number of benzene rings is 1. The number of aliphatic hydroxyl groups excluding tert-OH is 1. The Hall–Kier alpha value is -0.903. The average molecular weight is 278 g/mol. The minimum atomic E-state index is -1.58. The van der Waals surface area contributed by atoms with E-state index in [1.165, 1.54) is 5.56 Å². The summed E-state index contributed by atoms with van der Waals surface area (Å²) in [6, 6.07) is 10.1. The first-order chi connectivity index (χ1) is 8.90. The Balaban J connectivity index is 2.51. The lowest BCUT2D eigenvalue weighted by Gasteiger charge is -2.27. The van der Waals surface area contributed by atoms with Gasteiger partial charge in [-0.25, -0.2) is 0 Å². The van der Waals surface area contributed by atoms with Gasteiger partial charge in [-0.15, -0.1) is 6.58 Å². The highest BCUT2D eigenvalue weighted by Gasteiger charge is 2.22. The Morgan fingerprint density at radius 3 is 2.42 bits per heavy atom. The van der Waals surface area contributed by atoms with Gasteiger partial charge in [0.15, 0.2) is 8.32 Å². The number of aliphatic hydroxyl groups is 1. The zero-order valence-corrected chi connectivity index (χ0v) is 13.3. The number of hydrogen-bond donors (Lipinski definition) is 1. The van der Waals surface area contributed by atoms with Gasteiger partial charge in [0.05, 0.1) is 12.2 Å². The average Bonchev–Trinajstić information content (AvgIpc) is 2.28. The van der Waals surface area contributed by atoms with Crippen LogP contribution >= 0.6 is 0 Å². The van der Waals surface area contributed by atoms with Crippen LogP contribution in [0, 0.1) is 0 Å². The third kappa shape index (κ3) is 7.30. The Kier molecular flexibility index (Phi) is 6.49. The highest BCUT2D eigenvalue weighted by molar-refractivity contribution is 6.69. The summed E-state index contributed by atoms with van der Waals surface area (Å²) in [5.74, 6) is 0. The van der Waals surface area contributed by atoms with Gasteiger partial charge in [0.2, 0.25) is 0 Å². The molecular formula is C16H26O2Si. The molecule has 2 atom stereocenters. The van der Waals surface area contributed by atoms with E-state index in [2.05, 4.69) is 26.2 Å². The van der Waals surface area contributed by atoms with Crippen molar-refractivity contribution in [1.82, 2.24) is 0 Å². The molecule has 1 N–H and O–H groups in total. The van der Waals surface area contributed by atoms with Gasteiger partial charge in [-0.1, -0.05) is 36.4 Å². The molecule has 0 unspecified atom stereocenters. The van der Waals surface area contributed by atoms with Crippen molar-refractivity contribution < 1.29 is 9.53 Å². The van der Waals surface area contributed by atoms with Crippen LogP contribution in [0.3, 0.4) is 0 Å². The Labute approximate surface area is 118 Å². The molecule has 0 aliphatic rings. The maximum atomic E-state index is 10.2. The lowest BCUT2D eigenvalue weighted by atomic mass is 10.0. The van der Waals surface area contributed by atoms with Gasteiger partial charge in [0.1, 0.15) is 0 Å². The van der Waals surface area contributed by atoms with Gasteiger partial charge < -0.3 is 9.53 Å². The van der Waals surface area contributed by atoms with Crippen molar-refractivity contribution in [2.75, 3.05) is 0 Å². The molecule has 0 aliphatic heterocycles. The standard InChI is InChI=1S/C16H26O2Si/c1-5-9-16(18-19(2,3)4)13-15(17)12-14-10-7-6-8-11-14/h5-8,10-11,15-17H,1,9,12-13H2,2-4H3/t15-,16+/m1/s1. The smallest absolute Gasteiger partial charge is 0.184 e. The normalized spacial score (nSPS) is 14.9. The van der Waals surface area contributed by atoms with Crippen molar-refractivity contribution in [2.45, 2.75) is 51.1 Å². The van der Waals surface area contributed by atoms with E-state index >= 15 is 0 Å². The Morgan fingerprint density at radius 2 is 1.89 bits per heavy atom. The van der Waals surface area contributed by atoms with E-state index in [0.717, 1.165) is 6.42 Å². The van der Waals surface area contributed by atoms with Crippen LogP contribution in [-0.4, -0.2) is 25.6 Å². The van der Waals surface area contributed by atoms with Gasteiger partial charge in [0, 0.05) is 0 Å². The molecule has 1 aromatic carbocycles. The van der Waals surface area contributed by atoms with Gasteiger partial charge in [-0.05, 0) is 44.5 Å². The van der Waals surface area contributed by atoms with E-state index in [1.807, 2.05) is 36.4 Å². The lowest BCUT2D eigenvalue weighted by Crippen LogP contribution is -2.34. The van der Waals surface area contributed by atoms with Crippen molar-refractivity contribution >= 4 is 8.32 Å². The zero-order chi connectivity index (χ0) is 14.3. The van der Waals surface area contributed by atoms with E-state index in [0.29, 0.717) is 12.8 Å². The van der Waals surface area contributed by atoms with Crippen LogP contribution in [0.25, 0.3) is 0 Å². The Morgan fingerprint density at radius 1 is 1.26 bits per heavy atom. The van der Waals surface area contributed by atoms with Gasteiger partial charge >= 0.3 is 0 Å². The predicted molar refractivity (Wildman–Crippen MR) is 83.8 cm³/mol. The first kappa shape index (κ1) is 16.2. The highest BCUT2D eigenvalue weighted by Crippen LogP contribution is 2.17. The fourth-order valence-electron chi connectivity index (χ4n) is 2.15. The maximum absolute atomic E-state index is 10.2. The molecule has 0 bridgehead atoms. The van der Waals surface area contributed by atoms with Crippen molar-refractivity contribution in [3.63, 3.8) is 0 Å². The van der Waals surface area contributed by atoms with Crippen molar-refractivity contribution in [2.24, 2.45) is 0 Å². The molecule has 2 nitrogen and oxygen atoms in total. The summed E-state index contributed by atoms with van der Waals surface area (Å²) in [7, 11) is -1.58. The molecule has 0 heterocycles. The molecule has 1 aromatic rings. The second-order valence-corrected chi connectivity index (χ2v) is 10.4. The minimum Gasteiger partial charge on any atom is -0.414 e. The second-order valence-electron chi connectivity index (χ2n) is 5.96. The third-order valence-electron chi connectivity index (χ3n) is 2.80. The van der Waals surface area contributed by atoms with E-state index in [9.17, 15) is 5.11 Å². The van der Waals surface area contributed by atoms with Crippen molar-refractivity contribution in [3.8, 4) is 0 Å². The van der Waals surface area contributed by atoms with E-state index in [-0.39, 0.29) is 12.2 Å². The summed E-state index contributed by atoms with van der Waals surface area (Å²) in [4.78, 5) is 0. The monoisotopic (exact) mass is 278 g/mol. The van der Waals surface area contributed by atoms with Crippen LogP contribution in [0.2, 0.25) is 19.6 Å². The molecule has 3 heteroatoms. The molecule has 0 radical (unpaired) electrons. The molecule has 0 spiro atoms. The van der Waals surface area contributed by atoms with Crippen LogP contribution in [0.1, 0.15) is 18.4 Å². The van der Waals surface area contributed by atoms with Crippen molar-refractivity contribution in [3.05, 3.63) is 48.6 Å². The summed E-state index contributed by atoms with van der Waals surface area (Å²) >= 11 is 0. The molecule has 19 heavy (non-hydrogen) atoms. The predicted octanol–water partition coefficient (Wildman–Crippen LogP) is 3.78. The summed E-state index contributed by atoms with van der Waals surface area (Å²) in [6.07, 6.45) is 3.76. The summed E-state index contributed by atoms with van der Waals surface area (Å²) < 4.78 is 6.09. The molecule has 1 rings (SSSR count). The quantitative estimate of drug-likeness (QED) is 0.579. The third-order valence-corrected chi connectivity index (χ3v) is 3.84. The molecule has 0 aromatic heterocycles. The van der Waals surface area contributed by atoms with Crippen LogP contribution < -0.4 is 0 Å². The fraction of sp³-hybridized carbons (Fsp3) is 0.500. The van der Waals surface area contributed by atoms with E-state index in [1.54, 1.807) is 0 Å². The number of hydrogen-bond acceptors (Lipinski definition) is 2. The molecular weight excluding hydrogens is 252 g/mol. The van der Waals surface area contributed by atoms with Crippen LogP contribution in [0.15, 0.2) is 43.0 Å². The first-order valence-corrected chi connectivity index (χ1v) is 10.3. The second kappa shape index (κ2) is 7.63. The van der Waals surface area contributed by atoms with E-state index < -0.39 is 8.32 Å². The lowest BCUT2D eigenvalue weighted by molar-refractivity contribution is 0.0922. The van der Waals surface area contributed by atoms with E-state index in [4.69, 9.17) is 4.43 Å². The van der Waals surface area contributed by atoms with Crippen LogP contribution in [-0.2, 0) is 10.8 Å². The minimum absolute atomic E-state index is 0.0860. The molecule has 0 fully saturated rings. The number of rotatable bonds is 8. The van der Waals surface area contributed by atoms with Crippen LogP contribution in [0.4, 0.5) is 0 Å².